The molecule has 0 saturated heterocycles. The highest BCUT2D eigenvalue weighted by molar-refractivity contribution is 7.18. The Morgan fingerprint density at radius 1 is 1.15 bits per heavy atom. The zero-order valence-electron chi connectivity index (χ0n) is 11.1. The standard InChI is InChI=1S/C14H14N2O3S/c1-8-4-3-5-10(6-8)15-14(19)16-11-7-9(2)12(20-11)13(17)18/h3-7H,1-2H3,(H,17,18)(H2,15,16,19). The first kappa shape index (κ1) is 14.1. The molecule has 2 aromatic rings. The van der Waals surface area contributed by atoms with Crippen LogP contribution in [0.2, 0.25) is 0 Å². The fraction of sp³-hybridized carbons (Fsp3) is 0.143. The van der Waals surface area contributed by atoms with Crippen molar-refractivity contribution >= 4 is 34.0 Å². The molecule has 2 rings (SSSR count). The Bertz CT molecular complexity index is 664. The monoisotopic (exact) mass is 290 g/mol. The summed E-state index contributed by atoms with van der Waals surface area (Å²) >= 11 is 1.04. The number of aromatic carboxylic acids is 1. The molecule has 0 spiro atoms. The molecule has 0 fully saturated rings. The lowest BCUT2D eigenvalue weighted by Gasteiger charge is -2.06. The molecule has 5 nitrogen and oxygen atoms in total. The number of carboxylic acids is 1. The second kappa shape index (κ2) is 5.75. The van der Waals surface area contributed by atoms with Crippen LogP contribution in [-0.2, 0) is 0 Å². The van der Waals surface area contributed by atoms with Gasteiger partial charge in [0.1, 0.15) is 4.88 Å². The second-order valence-corrected chi connectivity index (χ2v) is 5.43. The van der Waals surface area contributed by atoms with Gasteiger partial charge in [-0.15, -0.1) is 11.3 Å². The van der Waals surface area contributed by atoms with Crippen LogP contribution in [0.5, 0.6) is 0 Å². The third-order valence-electron chi connectivity index (χ3n) is 2.62. The van der Waals surface area contributed by atoms with Crippen LogP contribution >= 0.6 is 11.3 Å². The van der Waals surface area contributed by atoms with Gasteiger partial charge < -0.3 is 10.4 Å². The Morgan fingerprint density at radius 3 is 2.50 bits per heavy atom. The topological polar surface area (TPSA) is 78.4 Å². The summed E-state index contributed by atoms with van der Waals surface area (Å²) in [6.45, 7) is 3.63. The maximum atomic E-state index is 11.8. The van der Waals surface area contributed by atoms with Crippen molar-refractivity contribution < 1.29 is 14.7 Å². The number of urea groups is 1. The fourth-order valence-corrected chi connectivity index (χ4v) is 2.66. The van der Waals surface area contributed by atoms with E-state index in [1.807, 2.05) is 25.1 Å². The molecule has 1 aromatic heterocycles. The minimum atomic E-state index is -0.986. The van der Waals surface area contributed by atoms with Gasteiger partial charge in [0.15, 0.2) is 0 Å². The highest BCUT2D eigenvalue weighted by atomic mass is 32.1. The Labute approximate surface area is 120 Å². The minimum Gasteiger partial charge on any atom is -0.477 e. The van der Waals surface area contributed by atoms with Gasteiger partial charge in [0.2, 0.25) is 0 Å². The summed E-state index contributed by atoms with van der Waals surface area (Å²) in [4.78, 5) is 23.0. The number of thiophene rings is 1. The predicted molar refractivity (Wildman–Crippen MR) is 79.8 cm³/mol. The maximum Gasteiger partial charge on any atom is 0.346 e. The van der Waals surface area contributed by atoms with E-state index in [4.69, 9.17) is 5.11 Å². The third kappa shape index (κ3) is 3.36. The first-order chi connectivity index (χ1) is 9.45. The molecule has 0 unspecified atom stereocenters. The van der Waals surface area contributed by atoms with Gasteiger partial charge in [0.25, 0.3) is 0 Å². The smallest absolute Gasteiger partial charge is 0.346 e. The van der Waals surface area contributed by atoms with Crippen molar-refractivity contribution in [1.29, 1.82) is 0 Å². The van der Waals surface area contributed by atoms with Gasteiger partial charge in [0, 0.05) is 5.69 Å². The van der Waals surface area contributed by atoms with Crippen LogP contribution in [0.1, 0.15) is 20.8 Å². The molecule has 0 aliphatic carbocycles. The van der Waals surface area contributed by atoms with Gasteiger partial charge in [0.05, 0.1) is 5.00 Å². The predicted octanol–water partition coefficient (Wildman–Crippen LogP) is 3.71. The molecule has 6 heteroatoms. The van der Waals surface area contributed by atoms with Crippen molar-refractivity contribution in [2.45, 2.75) is 13.8 Å². The lowest BCUT2D eigenvalue weighted by molar-refractivity contribution is 0.0701. The number of hydrogen-bond donors (Lipinski definition) is 3. The van der Waals surface area contributed by atoms with Gasteiger partial charge in [-0.25, -0.2) is 9.59 Å². The van der Waals surface area contributed by atoms with E-state index in [9.17, 15) is 9.59 Å². The molecular weight excluding hydrogens is 276 g/mol. The van der Waals surface area contributed by atoms with E-state index in [1.165, 1.54) is 0 Å². The Hall–Kier alpha value is -2.34. The zero-order valence-corrected chi connectivity index (χ0v) is 11.9. The van der Waals surface area contributed by atoms with Crippen LogP contribution in [0, 0.1) is 13.8 Å². The van der Waals surface area contributed by atoms with Gasteiger partial charge in [-0.3, -0.25) is 5.32 Å². The zero-order chi connectivity index (χ0) is 14.7. The molecule has 2 amide bonds. The quantitative estimate of drug-likeness (QED) is 0.806. The van der Waals surface area contributed by atoms with E-state index in [0.29, 0.717) is 16.3 Å². The number of anilines is 2. The summed E-state index contributed by atoms with van der Waals surface area (Å²) in [6, 6.07) is 8.67. The molecule has 0 bridgehead atoms. The van der Waals surface area contributed by atoms with Crippen molar-refractivity contribution in [3.8, 4) is 0 Å². The summed E-state index contributed by atoms with van der Waals surface area (Å²) in [5, 5.41) is 14.8. The van der Waals surface area contributed by atoms with Crippen molar-refractivity contribution in [3.63, 3.8) is 0 Å². The SMILES string of the molecule is Cc1cccc(NC(=O)Nc2cc(C)c(C(=O)O)s2)c1. The fourth-order valence-electron chi connectivity index (χ4n) is 1.75. The number of amides is 2. The van der Waals surface area contributed by atoms with E-state index in [2.05, 4.69) is 10.6 Å². The first-order valence-corrected chi connectivity index (χ1v) is 6.76. The average molecular weight is 290 g/mol. The highest BCUT2D eigenvalue weighted by Crippen LogP contribution is 2.26. The molecule has 0 atom stereocenters. The molecule has 20 heavy (non-hydrogen) atoms. The van der Waals surface area contributed by atoms with Crippen molar-refractivity contribution in [1.82, 2.24) is 0 Å². The van der Waals surface area contributed by atoms with Gasteiger partial charge >= 0.3 is 12.0 Å². The van der Waals surface area contributed by atoms with Crippen molar-refractivity contribution in [3.05, 3.63) is 46.3 Å². The summed E-state index contributed by atoms with van der Waals surface area (Å²) in [6.07, 6.45) is 0. The van der Waals surface area contributed by atoms with Crippen LogP contribution in [-0.4, -0.2) is 17.1 Å². The number of aryl methyl sites for hydroxylation is 2. The summed E-state index contributed by atoms with van der Waals surface area (Å²) in [5.74, 6) is -0.986. The van der Waals surface area contributed by atoms with Crippen LogP contribution in [0.25, 0.3) is 0 Å². The third-order valence-corrected chi connectivity index (χ3v) is 3.77. The Kier molecular flexibility index (Phi) is 4.05. The number of carbonyl (C=O) groups is 2. The average Bonchev–Trinajstić information content (AvgIpc) is 2.70. The van der Waals surface area contributed by atoms with E-state index in [1.54, 1.807) is 19.1 Å². The van der Waals surface area contributed by atoms with Crippen molar-refractivity contribution in [2.75, 3.05) is 10.6 Å². The van der Waals surface area contributed by atoms with E-state index >= 15 is 0 Å². The molecule has 104 valence electrons. The minimum absolute atomic E-state index is 0.232. The largest absolute Gasteiger partial charge is 0.477 e. The van der Waals surface area contributed by atoms with E-state index < -0.39 is 12.0 Å². The van der Waals surface area contributed by atoms with Crippen molar-refractivity contribution in [2.24, 2.45) is 0 Å². The maximum absolute atomic E-state index is 11.8. The molecule has 0 radical (unpaired) electrons. The summed E-state index contributed by atoms with van der Waals surface area (Å²) < 4.78 is 0. The van der Waals surface area contributed by atoms with E-state index in [-0.39, 0.29) is 4.88 Å². The van der Waals surface area contributed by atoms with Crippen LogP contribution < -0.4 is 10.6 Å². The number of carbonyl (C=O) groups excluding carboxylic acids is 1. The number of rotatable bonds is 3. The lowest BCUT2D eigenvalue weighted by atomic mass is 10.2. The second-order valence-electron chi connectivity index (χ2n) is 4.38. The number of carboxylic acid groups (broad SMARTS) is 1. The van der Waals surface area contributed by atoms with Gasteiger partial charge in [-0.2, -0.15) is 0 Å². The highest BCUT2D eigenvalue weighted by Gasteiger charge is 2.13. The lowest BCUT2D eigenvalue weighted by Crippen LogP contribution is -2.18. The molecule has 3 N–H and O–H groups in total. The van der Waals surface area contributed by atoms with Gasteiger partial charge in [-0.1, -0.05) is 12.1 Å². The Morgan fingerprint density at radius 2 is 1.90 bits per heavy atom. The number of hydrogen-bond acceptors (Lipinski definition) is 3. The summed E-state index contributed by atoms with van der Waals surface area (Å²) in [5.41, 5.74) is 2.37. The number of nitrogens with one attached hydrogen (secondary N) is 2. The van der Waals surface area contributed by atoms with Crippen LogP contribution in [0.15, 0.2) is 30.3 Å². The molecule has 1 aromatic carbocycles. The van der Waals surface area contributed by atoms with Crippen LogP contribution in [0.3, 0.4) is 0 Å². The molecule has 0 aliphatic heterocycles. The Balaban J connectivity index is 2.05. The van der Waals surface area contributed by atoms with E-state index in [0.717, 1.165) is 16.9 Å². The number of benzene rings is 1. The molecule has 1 heterocycles. The normalized spacial score (nSPS) is 10.1. The molecule has 0 aliphatic rings. The first-order valence-electron chi connectivity index (χ1n) is 5.94. The van der Waals surface area contributed by atoms with Crippen LogP contribution in [0.4, 0.5) is 15.5 Å². The molecular formula is C14H14N2O3S. The molecule has 0 saturated carbocycles. The van der Waals surface area contributed by atoms with Gasteiger partial charge in [-0.05, 0) is 43.2 Å². The summed E-state index contributed by atoms with van der Waals surface area (Å²) in [7, 11) is 0.